The predicted molar refractivity (Wildman–Crippen MR) is 345 cm³/mol. The Morgan fingerprint density at radius 1 is 0.637 bits per heavy atom. The smallest absolute Gasteiger partial charge is 0.407 e. The number of benzene rings is 2. The van der Waals surface area contributed by atoms with Crippen molar-refractivity contribution in [2.24, 2.45) is 5.73 Å². The number of nitrogens with one attached hydrogen (secondary N) is 3. The molecule has 0 bridgehead atoms. The first-order valence-electron chi connectivity index (χ1n) is 30.3. The molecule has 3 amide bonds. The summed E-state index contributed by atoms with van der Waals surface area (Å²) >= 11 is 0. The van der Waals surface area contributed by atoms with Crippen LogP contribution in [0.5, 0.6) is 0 Å². The van der Waals surface area contributed by atoms with Gasteiger partial charge in [0.2, 0.25) is 0 Å². The number of rotatable bonds is 30. The summed E-state index contributed by atoms with van der Waals surface area (Å²) < 4.78 is 25.2. The topological polar surface area (TPSA) is 312 Å². The number of carbonyl (C=O) groups is 9. The number of aliphatic carboxylic acids is 1. The van der Waals surface area contributed by atoms with Crippen LogP contribution in [0, 0.1) is 13.8 Å². The van der Waals surface area contributed by atoms with Gasteiger partial charge in [-0.2, -0.15) is 12.8 Å². The van der Waals surface area contributed by atoms with Gasteiger partial charge in [0.1, 0.15) is 71.5 Å². The molecule has 0 unspecified atom stereocenters. The van der Waals surface area contributed by atoms with E-state index in [1.807, 2.05) is 43.2 Å². The number of esters is 3. The fourth-order valence-corrected chi connectivity index (χ4v) is 9.01. The largest absolute Gasteiger partial charge is 0.480 e. The molecule has 0 saturated heterocycles. The molecule has 2 heterocycles. The second kappa shape index (κ2) is 43.8. The summed E-state index contributed by atoms with van der Waals surface area (Å²) in [7, 11) is 0. The molecule has 0 spiro atoms. The zero-order valence-corrected chi connectivity index (χ0v) is 58.5. The summed E-state index contributed by atoms with van der Waals surface area (Å²) in [5.41, 5.74) is 7.39. The average molecular weight is 1350 g/mol. The number of hydrogen-bond acceptors (Lipinski definition) is 17. The summed E-state index contributed by atoms with van der Waals surface area (Å²) in [4.78, 5) is 117. The third kappa shape index (κ3) is 34.3. The SMILES string of the molecule is C=C.C=O.CC(=O)Cn1ccnc1CN(CCCC[C@H](NC(=O)OCC1c2ccccc2-c2ccccc21)C(=O)O)Cc1nccn1CC(C)=O.[CH2-]CCCCN.[CH2-]CCC[C@H](NC(=O)N[C@@H](CCC(=O)OC(C)(C)C)C(=O)OC(C)(C)C)C(=O)OC(C)(C)C.[Y]. The number of urea groups is 1. The molecular weight excluding hydrogens is 1240 g/mol. The number of alkyl carbamates (subject to hydrolysis) is 1. The van der Waals surface area contributed by atoms with E-state index in [9.17, 15) is 43.5 Å². The number of nitrogens with zero attached hydrogens (tertiary/aromatic N) is 5. The Labute approximate surface area is 564 Å². The van der Waals surface area contributed by atoms with E-state index < -0.39 is 70.9 Å². The van der Waals surface area contributed by atoms with E-state index in [4.69, 9.17) is 29.5 Å². The Bertz CT molecular complexity index is 2750. The molecule has 1 aliphatic carbocycles. The number of fused-ring (bicyclic) bond motifs is 3. The van der Waals surface area contributed by atoms with E-state index in [2.05, 4.69) is 70.0 Å². The number of ether oxygens (including phenoxy) is 4. The normalized spacial score (nSPS) is 12.4. The number of Topliss-reactive ketones (excluding diaryl/α,β-unsaturated/α-hetero) is 2. The van der Waals surface area contributed by atoms with Crippen LogP contribution in [0.4, 0.5) is 9.59 Å². The number of hydrogen-bond donors (Lipinski definition) is 5. The summed E-state index contributed by atoms with van der Waals surface area (Å²) in [6.45, 7) is 36.8. The molecule has 2 aromatic carbocycles. The van der Waals surface area contributed by atoms with Crippen LogP contribution in [-0.4, -0.2) is 138 Å². The van der Waals surface area contributed by atoms with E-state index in [0.29, 0.717) is 63.4 Å². The van der Waals surface area contributed by atoms with Crippen LogP contribution < -0.4 is 21.7 Å². The minimum atomic E-state index is -1.13. The maximum Gasteiger partial charge on any atom is 0.407 e. The van der Waals surface area contributed by atoms with Crippen molar-refractivity contribution >= 4 is 54.4 Å². The van der Waals surface area contributed by atoms with E-state index in [1.165, 1.54) is 20.3 Å². The standard InChI is InChI=1S/C35H40N6O6.C24H43N2O7.C5H12N.C2H4.CH2O.Y/c1-24(42)19-40-17-14-36-32(40)21-39(22-33-37-15-18-41(33)20-25(2)43)16-8-7-13-31(34(44)45)38-35(46)47-23-30-28-11-5-3-9-26(28)27-10-4-6-12-29(27)30;1-11-12-13-16(19(28)32-23(5,6)7)25-21(30)26-17(20(29)33-24(8,9)10)14-15-18(27)31-22(2,3)4;1-2-3-4-5-6;2*1-2;/h3-6,9-12,14-15,17-18,30-31H,7-8,13,16,19-23H2,1-2H3,(H,38,46)(H,44,45);16-17H,1,11-15H2,2-10H3,(H2,25,26,30);1-6H2;1-2H2;1H2;/q;2*-1;;;/t31-;16-,17-;;;;/m00..../s1. The first kappa shape index (κ1) is 84.1. The first-order valence-corrected chi connectivity index (χ1v) is 30.3. The second-order valence-corrected chi connectivity index (χ2v) is 24.2. The van der Waals surface area contributed by atoms with E-state index in [1.54, 1.807) is 96.2 Å². The molecule has 0 saturated carbocycles. The van der Waals surface area contributed by atoms with Gasteiger partial charge in [-0.1, -0.05) is 61.4 Å². The maximum absolute atomic E-state index is 12.8. The van der Waals surface area contributed by atoms with Gasteiger partial charge in [0.05, 0.1) is 26.2 Å². The number of aromatic nitrogens is 4. The first-order chi connectivity index (χ1) is 42.4. The number of unbranched alkanes of at least 4 members (excludes halogenated alkanes) is 4. The third-order valence-corrected chi connectivity index (χ3v) is 12.8. The number of amides is 3. The zero-order chi connectivity index (χ0) is 68.2. The van der Waals surface area contributed by atoms with Crippen molar-refractivity contribution in [3.63, 3.8) is 0 Å². The molecule has 5 rings (SSSR count). The molecule has 2 aromatic heterocycles. The van der Waals surface area contributed by atoms with Crippen LogP contribution in [0.2, 0.25) is 0 Å². The van der Waals surface area contributed by atoms with Crippen LogP contribution in [0.1, 0.15) is 175 Å². The fourth-order valence-electron chi connectivity index (χ4n) is 9.01. The van der Waals surface area contributed by atoms with Crippen molar-refractivity contribution < 1.29 is 99.9 Å². The Morgan fingerprint density at radius 2 is 1.08 bits per heavy atom. The van der Waals surface area contributed by atoms with Gasteiger partial charge in [0.15, 0.2) is 0 Å². The fraction of sp³-hybridized carbons (Fsp3) is 0.537. The molecule has 24 heteroatoms. The van der Waals surface area contributed by atoms with Crippen molar-refractivity contribution in [3.05, 3.63) is 123 Å². The van der Waals surface area contributed by atoms with Crippen LogP contribution in [0.15, 0.2) is 86.5 Å². The van der Waals surface area contributed by atoms with Crippen LogP contribution in [-0.2, 0) is 111 Å². The van der Waals surface area contributed by atoms with Crippen molar-refractivity contribution in [2.45, 2.75) is 214 Å². The van der Waals surface area contributed by atoms with E-state index >= 15 is 0 Å². The molecule has 0 fully saturated rings. The Kier molecular flexibility index (Phi) is 40.4. The van der Waals surface area contributed by atoms with E-state index in [0.717, 1.165) is 41.6 Å². The predicted octanol–water partition coefficient (Wildman–Crippen LogP) is 9.82. The minimum absolute atomic E-state index is 0. The van der Waals surface area contributed by atoms with Crippen molar-refractivity contribution in [1.82, 2.24) is 40.0 Å². The molecule has 0 aliphatic heterocycles. The minimum Gasteiger partial charge on any atom is -0.480 e. The molecule has 1 radical (unpaired) electrons. The van der Waals surface area contributed by atoms with Crippen molar-refractivity contribution in [3.8, 4) is 11.1 Å². The summed E-state index contributed by atoms with van der Waals surface area (Å²) in [5, 5.41) is 17.5. The number of ketones is 2. The van der Waals surface area contributed by atoms with Gasteiger partial charge in [0, 0.05) is 69.8 Å². The van der Waals surface area contributed by atoms with Crippen molar-refractivity contribution in [1.29, 1.82) is 0 Å². The van der Waals surface area contributed by atoms with Gasteiger partial charge >= 0.3 is 36.0 Å². The Morgan fingerprint density at radius 3 is 1.48 bits per heavy atom. The summed E-state index contributed by atoms with van der Waals surface area (Å²) in [5.74, 6) is -1.57. The number of nitrogens with two attached hydrogens (primary N) is 1. The molecular formula is C67H101N9O14Y-2. The number of carboxylic acid groups (broad SMARTS) is 1. The van der Waals surface area contributed by atoms with Gasteiger partial charge in [-0.15, -0.1) is 13.2 Å². The van der Waals surface area contributed by atoms with Crippen molar-refractivity contribution in [2.75, 3.05) is 19.7 Å². The summed E-state index contributed by atoms with van der Waals surface area (Å²) in [6.07, 6.45) is 12.1. The number of imidazole rings is 2. The number of carboxylic acids is 1. The molecule has 503 valence electrons. The van der Waals surface area contributed by atoms with Crippen LogP contribution in [0.3, 0.4) is 0 Å². The zero-order valence-electron chi connectivity index (χ0n) is 55.6. The summed E-state index contributed by atoms with van der Waals surface area (Å²) in [6, 6.07) is 12.2. The van der Waals surface area contributed by atoms with Crippen LogP contribution >= 0.6 is 0 Å². The number of carbonyl (C=O) groups excluding carboxylic acids is 8. The quantitative estimate of drug-likeness (QED) is 0.0107. The maximum atomic E-state index is 12.8. The van der Waals surface area contributed by atoms with Gasteiger partial charge in [-0.05, 0) is 150 Å². The van der Waals surface area contributed by atoms with E-state index in [-0.39, 0.29) is 89.2 Å². The molecule has 23 nitrogen and oxygen atoms in total. The van der Waals surface area contributed by atoms with Gasteiger partial charge in [-0.3, -0.25) is 19.3 Å². The third-order valence-electron chi connectivity index (χ3n) is 12.8. The second-order valence-electron chi connectivity index (χ2n) is 24.2. The molecule has 4 aromatic rings. The molecule has 1 aliphatic rings. The Hall–Kier alpha value is -6.95. The molecule has 91 heavy (non-hydrogen) atoms. The van der Waals surface area contributed by atoms with Crippen LogP contribution in [0.25, 0.3) is 11.1 Å². The van der Waals surface area contributed by atoms with Gasteiger partial charge < -0.3 is 73.5 Å². The van der Waals surface area contributed by atoms with Gasteiger partial charge in [-0.25, -0.2) is 33.9 Å². The van der Waals surface area contributed by atoms with Gasteiger partial charge in [0.25, 0.3) is 0 Å². The Balaban J connectivity index is 0.00000161. The average Bonchev–Trinajstić information content (AvgIpc) is 1.63. The molecule has 6 N–H and O–H groups in total. The monoisotopic (exact) mass is 1340 g/mol. The molecule has 3 atom stereocenters.